The van der Waals surface area contributed by atoms with Crippen molar-refractivity contribution in [2.24, 2.45) is 0 Å². The Kier molecular flexibility index (Phi) is 3.59. The Labute approximate surface area is 106 Å². The van der Waals surface area contributed by atoms with Crippen LogP contribution < -0.4 is 10.2 Å². The lowest BCUT2D eigenvalue weighted by Crippen LogP contribution is -2.08. The third kappa shape index (κ3) is 3.17. The normalized spacial score (nSPS) is 10.3. The van der Waals surface area contributed by atoms with Gasteiger partial charge in [0.1, 0.15) is 5.76 Å². The van der Waals surface area contributed by atoms with Crippen molar-refractivity contribution in [3.8, 4) is 0 Å². The summed E-state index contributed by atoms with van der Waals surface area (Å²) in [6.07, 6.45) is 0. The molecule has 1 aromatic carbocycles. The molecule has 1 heterocycles. The van der Waals surface area contributed by atoms with Crippen molar-refractivity contribution in [1.82, 2.24) is 0 Å². The molecule has 0 saturated heterocycles. The van der Waals surface area contributed by atoms with Crippen LogP contribution in [0.2, 0.25) is 5.22 Å². The molecule has 0 unspecified atom stereocenters. The van der Waals surface area contributed by atoms with Gasteiger partial charge in [0.15, 0.2) is 5.22 Å². The molecule has 0 saturated carbocycles. The van der Waals surface area contributed by atoms with Crippen molar-refractivity contribution in [2.45, 2.75) is 6.54 Å². The molecule has 90 valence electrons. The molecule has 2 aromatic rings. The molecule has 0 atom stereocenters. The molecule has 0 amide bonds. The second kappa shape index (κ2) is 5.15. The maximum absolute atomic E-state index is 5.70. The van der Waals surface area contributed by atoms with Crippen LogP contribution in [0.3, 0.4) is 0 Å². The van der Waals surface area contributed by atoms with E-state index in [1.54, 1.807) is 6.07 Å². The molecule has 0 radical (unpaired) electrons. The zero-order valence-electron chi connectivity index (χ0n) is 9.90. The van der Waals surface area contributed by atoms with Crippen molar-refractivity contribution < 1.29 is 4.42 Å². The van der Waals surface area contributed by atoms with Crippen LogP contribution in [0.4, 0.5) is 11.4 Å². The standard InChI is InChI=1S/C13H15ClN2O/c1-16(2)11-5-3-10(4-6-11)15-9-12-7-8-13(14)17-12/h3-8,15H,9H2,1-2H3. The molecule has 4 heteroatoms. The van der Waals surface area contributed by atoms with Gasteiger partial charge in [-0.2, -0.15) is 0 Å². The summed E-state index contributed by atoms with van der Waals surface area (Å²) in [7, 11) is 4.04. The van der Waals surface area contributed by atoms with Gasteiger partial charge < -0.3 is 14.6 Å². The van der Waals surface area contributed by atoms with E-state index >= 15 is 0 Å². The highest BCUT2D eigenvalue weighted by Gasteiger charge is 2.00. The lowest BCUT2D eigenvalue weighted by molar-refractivity contribution is 0.520. The van der Waals surface area contributed by atoms with Gasteiger partial charge in [-0.05, 0) is 48.0 Å². The largest absolute Gasteiger partial charge is 0.448 e. The maximum Gasteiger partial charge on any atom is 0.193 e. The lowest BCUT2D eigenvalue weighted by atomic mass is 10.2. The van der Waals surface area contributed by atoms with Crippen LogP contribution in [0, 0.1) is 0 Å². The molecule has 0 aliphatic rings. The molecular formula is C13H15ClN2O. The molecule has 3 nitrogen and oxygen atoms in total. The highest BCUT2D eigenvalue weighted by molar-refractivity contribution is 6.28. The smallest absolute Gasteiger partial charge is 0.193 e. The number of furan rings is 1. The number of nitrogens with one attached hydrogen (secondary N) is 1. The fourth-order valence-electron chi connectivity index (χ4n) is 1.51. The van der Waals surface area contributed by atoms with Crippen LogP contribution in [-0.4, -0.2) is 14.1 Å². The van der Waals surface area contributed by atoms with Crippen LogP contribution >= 0.6 is 11.6 Å². The Morgan fingerprint density at radius 1 is 1.12 bits per heavy atom. The molecule has 0 fully saturated rings. The number of halogens is 1. The van der Waals surface area contributed by atoms with Gasteiger partial charge in [0, 0.05) is 25.5 Å². The van der Waals surface area contributed by atoms with E-state index in [0.29, 0.717) is 11.8 Å². The summed E-state index contributed by atoms with van der Waals surface area (Å²) in [5.74, 6) is 0.826. The van der Waals surface area contributed by atoms with Gasteiger partial charge in [0.05, 0.1) is 6.54 Å². The fraction of sp³-hybridized carbons (Fsp3) is 0.231. The van der Waals surface area contributed by atoms with E-state index < -0.39 is 0 Å². The summed E-state index contributed by atoms with van der Waals surface area (Å²) < 4.78 is 5.26. The van der Waals surface area contributed by atoms with Gasteiger partial charge in [-0.25, -0.2) is 0 Å². The Balaban J connectivity index is 1.95. The number of hydrogen-bond donors (Lipinski definition) is 1. The van der Waals surface area contributed by atoms with Gasteiger partial charge >= 0.3 is 0 Å². The Morgan fingerprint density at radius 2 is 1.82 bits per heavy atom. The monoisotopic (exact) mass is 250 g/mol. The Bertz CT molecular complexity index is 476. The zero-order valence-corrected chi connectivity index (χ0v) is 10.7. The second-order valence-electron chi connectivity index (χ2n) is 4.00. The van der Waals surface area contributed by atoms with E-state index in [9.17, 15) is 0 Å². The van der Waals surface area contributed by atoms with E-state index in [1.807, 2.05) is 32.3 Å². The third-order valence-electron chi connectivity index (χ3n) is 2.48. The van der Waals surface area contributed by atoms with Crippen LogP contribution in [0.5, 0.6) is 0 Å². The summed E-state index contributed by atoms with van der Waals surface area (Å²) in [6.45, 7) is 0.633. The minimum absolute atomic E-state index is 0.421. The number of anilines is 2. The highest BCUT2D eigenvalue weighted by atomic mass is 35.5. The molecule has 1 aromatic heterocycles. The molecule has 0 aliphatic carbocycles. The lowest BCUT2D eigenvalue weighted by Gasteiger charge is -2.13. The molecule has 0 aliphatic heterocycles. The number of rotatable bonds is 4. The predicted molar refractivity (Wildman–Crippen MR) is 71.8 cm³/mol. The topological polar surface area (TPSA) is 28.4 Å². The summed E-state index contributed by atoms with van der Waals surface area (Å²) in [5, 5.41) is 3.69. The highest BCUT2D eigenvalue weighted by Crippen LogP contribution is 2.18. The summed E-state index contributed by atoms with van der Waals surface area (Å²) >= 11 is 5.70. The van der Waals surface area contributed by atoms with E-state index in [4.69, 9.17) is 16.0 Å². The minimum Gasteiger partial charge on any atom is -0.448 e. The first-order valence-corrected chi connectivity index (χ1v) is 5.78. The number of nitrogens with zero attached hydrogens (tertiary/aromatic N) is 1. The van der Waals surface area contributed by atoms with Crippen molar-refractivity contribution in [3.63, 3.8) is 0 Å². The van der Waals surface area contributed by atoms with Crippen LogP contribution in [-0.2, 0) is 6.54 Å². The van der Waals surface area contributed by atoms with Crippen molar-refractivity contribution in [1.29, 1.82) is 0 Å². The molecule has 0 bridgehead atoms. The van der Waals surface area contributed by atoms with E-state index in [1.165, 1.54) is 5.69 Å². The first kappa shape index (κ1) is 11.9. The van der Waals surface area contributed by atoms with Crippen molar-refractivity contribution >= 4 is 23.0 Å². The fourth-order valence-corrected chi connectivity index (χ4v) is 1.68. The predicted octanol–water partition coefficient (Wildman–Crippen LogP) is 3.61. The maximum atomic E-state index is 5.70. The number of hydrogen-bond acceptors (Lipinski definition) is 3. The summed E-state index contributed by atoms with van der Waals surface area (Å²) in [4.78, 5) is 2.07. The van der Waals surface area contributed by atoms with Crippen molar-refractivity contribution in [3.05, 3.63) is 47.4 Å². The molecule has 17 heavy (non-hydrogen) atoms. The summed E-state index contributed by atoms with van der Waals surface area (Å²) in [6, 6.07) is 11.8. The SMILES string of the molecule is CN(C)c1ccc(NCc2ccc(Cl)o2)cc1. The minimum atomic E-state index is 0.421. The third-order valence-corrected chi connectivity index (χ3v) is 2.68. The van der Waals surface area contributed by atoms with Gasteiger partial charge in [0.2, 0.25) is 0 Å². The first-order chi connectivity index (χ1) is 8.15. The molecular weight excluding hydrogens is 236 g/mol. The zero-order chi connectivity index (χ0) is 12.3. The Morgan fingerprint density at radius 3 is 2.35 bits per heavy atom. The molecule has 1 N–H and O–H groups in total. The average Bonchev–Trinajstić information content (AvgIpc) is 2.73. The Hall–Kier alpha value is -1.61. The molecule has 2 rings (SSSR count). The summed E-state index contributed by atoms with van der Waals surface area (Å²) in [5.41, 5.74) is 2.24. The second-order valence-corrected chi connectivity index (χ2v) is 4.37. The molecule has 0 spiro atoms. The van der Waals surface area contributed by atoms with Crippen LogP contribution in [0.1, 0.15) is 5.76 Å². The number of benzene rings is 1. The van der Waals surface area contributed by atoms with Crippen molar-refractivity contribution in [2.75, 3.05) is 24.3 Å². The van der Waals surface area contributed by atoms with Gasteiger partial charge in [-0.15, -0.1) is 0 Å². The van der Waals surface area contributed by atoms with E-state index in [-0.39, 0.29) is 0 Å². The van der Waals surface area contributed by atoms with E-state index in [2.05, 4.69) is 22.3 Å². The van der Waals surface area contributed by atoms with Crippen LogP contribution in [0.15, 0.2) is 40.8 Å². The first-order valence-electron chi connectivity index (χ1n) is 5.40. The van der Waals surface area contributed by atoms with E-state index in [0.717, 1.165) is 11.4 Å². The van der Waals surface area contributed by atoms with Crippen LogP contribution in [0.25, 0.3) is 0 Å². The average molecular weight is 251 g/mol. The van der Waals surface area contributed by atoms with Gasteiger partial charge in [-0.1, -0.05) is 0 Å². The van der Waals surface area contributed by atoms with Gasteiger partial charge in [-0.3, -0.25) is 0 Å². The van der Waals surface area contributed by atoms with Gasteiger partial charge in [0.25, 0.3) is 0 Å². The quantitative estimate of drug-likeness (QED) is 0.899.